The molecule has 0 radical (unpaired) electrons. The van der Waals surface area contributed by atoms with Gasteiger partial charge in [-0.05, 0) is 103 Å². The molecule has 0 heterocycles. The predicted octanol–water partition coefficient (Wildman–Crippen LogP) is 10.0. The van der Waals surface area contributed by atoms with Crippen LogP contribution in [-0.2, 0) is 11.2 Å². The van der Waals surface area contributed by atoms with Crippen molar-refractivity contribution in [2.75, 3.05) is 59.6 Å². The van der Waals surface area contributed by atoms with Gasteiger partial charge in [-0.3, -0.25) is 0 Å². The second kappa shape index (κ2) is 18.7. The van der Waals surface area contributed by atoms with Crippen molar-refractivity contribution >= 4 is 28.4 Å². The van der Waals surface area contributed by atoms with Gasteiger partial charge in [0.15, 0.2) is 0 Å². The fraction of sp³-hybridized carbons (Fsp3) is 0.200. The topological polar surface area (TPSA) is 71.1 Å². The maximum Gasteiger partial charge on any atom is 0.127 e. The van der Waals surface area contributed by atoms with E-state index in [0.717, 1.165) is 62.7 Å². The zero-order valence-corrected chi connectivity index (χ0v) is 31.8. The van der Waals surface area contributed by atoms with E-state index < -0.39 is 0 Å². The molecule has 5 aromatic carbocycles. The molecule has 0 aromatic heterocycles. The monoisotopic (exact) mass is 726 g/mol. The highest BCUT2D eigenvalue weighted by Crippen LogP contribution is 2.43. The number of terminal acetylenes is 1. The van der Waals surface area contributed by atoms with Gasteiger partial charge in [-0.2, -0.15) is 0 Å². The molecule has 9 nitrogen and oxygen atoms in total. The van der Waals surface area contributed by atoms with Crippen molar-refractivity contribution in [2.24, 2.45) is 0 Å². The molecular weight excluding hydrogens is 681 g/mol. The summed E-state index contributed by atoms with van der Waals surface area (Å²) in [6.45, 7) is 0. The SMILES string of the molecule is C#C/C=C(\C=C(/CCc1c(OC)cc(N(c2ccc(OC)cc2)c2ccc(OC)cc2)cc1OC)OC)N(c1ccc(OC)cc1)c1ccc(OC)cc1. The quantitative estimate of drug-likeness (QED) is 0.0529. The Labute approximate surface area is 318 Å². The van der Waals surface area contributed by atoms with Crippen LogP contribution in [0.15, 0.2) is 133 Å². The van der Waals surface area contributed by atoms with Crippen molar-refractivity contribution in [3.05, 3.63) is 138 Å². The van der Waals surface area contributed by atoms with E-state index in [0.29, 0.717) is 30.1 Å². The first-order chi connectivity index (χ1) is 26.4. The van der Waals surface area contributed by atoms with E-state index >= 15 is 0 Å². The Morgan fingerprint density at radius 3 is 1.26 bits per heavy atom. The second-order valence-corrected chi connectivity index (χ2v) is 11.8. The summed E-state index contributed by atoms with van der Waals surface area (Å²) in [5, 5.41) is 0. The molecule has 0 fully saturated rings. The van der Waals surface area contributed by atoms with Crippen molar-refractivity contribution in [1.29, 1.82) is 0 Å². The first kappa shape index (κ1) is 38.6. The third-order valence-electron chi connectivity index (χ3n) is 8.86. The molecular formula is C45H46N2O7. The molecule has 0 saturated carbocycles. The third kappa shape index (κ3) is 9.03. The fourth-order valence-electron chi connectivity index (χ4n) is 6.07. The van der Waals surface area contributed by atoms with E-state index in [1.807, 2.05) is 115 Å². The van der Waals surface area contributed by atoms with Crippen LogP contribution >= 0.6 is 0 Å². The van der Waals surface area contributed by atoms with Crippen LogP contribution in [0.1, 0.15) is 12.0 Å². The molecule has 0 spiro atoms. The molecule has 5 rings (SSSR count). The standard InChI is InChI=1S/C45H46N2O7/c1-9-10-36(46(32-11-19-38(48-2)20-12-32)33-13-21-39(49-3)22-14-33)29-42(52-6)27-28-43-44(53-7)30-37(31-45(43)54-8)47(34-15-23-40(50-4)24-16-34)35-17-25-41(51-5)26-18-35/h1,10-26,29-31H,27-28H2,2-8H3/b36-10+,42-29+. The molecule has 0 amide bonds. The van der Waals surface area contributed by atoms with Gasteiger partial charge in [0, 0.05) is 59.0 Å². The maximum absolute atomic E-state index is 6.03. The van der Waals surface area contributed by atoms with Crippen LogP contribution in [0.2, 0.25) is 0 Å². The van der Waals surface area contributed by atoms with Crippen LogP contribution in [0, 0.1) is 12.3 Å². The van der Waals surface area contributed by atoms with Crippen molar-refractivity contribution in [3.63, 3.8) is 0 Å². The molecule has 0 saturated heterocycles. The van der Waals surface area contributed by atoms with Crippen LogP contribution in [0.3, 0.4) is 0 Å². The molecule has 0 aliphatic carbocycles. The number of hydrogen-bond acceptors (Lipinski definition) is 9. The lowest BCUT2D eigenvalue weighted by Crippen LogP contribution is -2.16. The summed E-state index contributed by atoms with van der Waals surface area (Å²) in [4.78, 5) is 4.18. The van der Waals surface area contributed by atoms with E-state index in [4.69, 9.17) is 39.6 Å². The lowest BCUT2D eigenvalue weighted by Gasteiger charge is -2.28. The van der Waals surface area contributed by atoms with E-state index in [2.05, 4.69) is 15.7 Å². The van der Waals surface area contributed by atoms with Crippen LogP contribution in [0.25, 0.3) is 0 Å². The first-order valence-corrected chi connectivity index (χ1v) is 17.2. The van der Waals surface area contributed by atoms with Crippen LogP contribution in [0.5, 0.6) is 34.5 Å². The van der Waals surface area contributed by atoms with Gasteiger partial charge in [-0.15, -0.1) is 6.42 Å². The minimum absolute atomic E-state index is 0.518. The fourth-order valence-corrected chi connectivity index (χ4v) is 6.07. The summed E-state index contributed by atoms with van der Waals surface area (Å²) >= 11 is 0. The molecule has 278 valence electrons. The largest absolute Gasteiger partial charge is 0.501 e. The van der Waals surface area contributed by atoms with Gasteiger partial charge in [0.05, 0.1) is 66.9 Å². The van der Waals surface area contributed by atoms with Crippen LogP contribution < -0.4 is 38.2 Å². The number of ether oxygens (including phenoxy) is 7. The molecule has 0 bridgehead atoms. The van der Waals surface area contributed by atoms with Crippen LogP contribution in [0.4, 0.5) is 28.4 Å². The molecule has 9 heteroatoms. The number of benzene rings is 5. The van der Waals surface area contributed by atoms with Gasteiger partial charge >= 0.3 is 0 Å². The Bertz CT molecular complexity index is 1950. The highest BCUT2D eigenvalue weighted by Gasteiger charge is 2.21. The Balaban J connectivity index is 1.52. The van der Waals surface area contributed by atoms with Crippen molar-refractivity contribution in [2.45, 2.75) is 12.8 Å². The highest BCUT2D eigenvalue weighted by atomic mass is 16.5. The van der Waals surface area contributed by atoms with Crippen molar-refractivity contribution < 1.29 is 33.2 Å². The summed E-state index contributed by atoms with van der Waals surface area (Å²) in [5.74, 6) is 7.77. The van der Waals surface area contributed by atoms with Crippen LogP contribution in [-0.4, -0.2) is 49.8 Å². The summed E-state index contributed by atoms with van der Waals surface area (Å²) in [6.07, 6.45) is 10.7. The van der Waals surface area contributed by atoms with Gasteiger partial charge in [0.2, 0.25) is 0 Å². The summed E-state index contributed by atoms with van der Waals surface area (Å²) in [6, 6.07) is 35.3. The zero-order chi connectivity index (χ0) is 38.5. The Morgan fingerprint density at radius 1 is 0.537 bits per heavy atom. The Kier molecular flexibility index (Phi) is 13.4. The third-order valence-corrected chi connectivity index (χ3v) is 8.86. The molecule has 0 aliphatic heterocycles. The molecule has 5 aromatic rings. The Morgan fingerprint density at radius 2 is 0.926 bits per heavy atom. The second-order valence-electron chi connectivity index (χ2n) is 11.8. The lowest BCUT2D eigenvalue weighted by atomic mass is 10.0. The highest BCUT2D eigenvalue weighted by molar-refractivity contribution is 5.79. The number of anilines is 5. The molecule has 0 atom stereocenters. The zero-order valence-electron chi connectivity index (χ0n) is 31.8. The van der Waals surface area contributed by atoms with Gasteiger partial charge in [0.1, 0.15) is 34.5 Å². The smallest absolute Gasteiger partial charge is 0.127 e. The number of methoxy groups -OCH3 is 7. The van der Waals surface area contributed by atoms with E-state index in [-0.39, 0.29) is 0 Å². The Hall–Kier alpha value is -6.66. The summed E-state index contributed by atoms with van der Waals surface area (Å²) in [7, 11) is 11.6. The number of allylic oxidation sites excluding steroid dienone is 3. The van der Waals surface area contributed by atoms with Crippen molar-refractivity contribution in [3.8, 4) is 46.8 Å². The minimum Gasteiger partial charge on any atom is -0.501 e. The average molecular weight is 727 g/mol. The average Bonchev–Trinajstić information content (AvgIpc) is 3.23. The molecule has 0 aliphatic rings. The molecule has 54 heavy (non-hydrogen) atoms. The first-order valence-electron chi connectivity index (χ1n) is 17.2. The maximum atomic E-state index is 6.03. The van der Waals surface area contributed by atoms with Gasteiger partial charge in [0.25, 0.3) is 0 Å². The van der Waals surface area contributed by atoms with E-state index in [1.54, 1.807) is 55.8 Å². The summed E-state index contributed by atoms with van der Waals surface area (Å²) in [5.41, 5.74) is 6.08. The molecule has 0 unspecified atom stereocenters. The van der Waals surface area contributed by atoms with Gasteiger partial charge in [-0.1, -0.05) is 5.92 Å². The van der Waals surface area contributed by atoms with Crippen molar-refractivity contribution in [1.82, 2.24) is 0 Å². The lowest BCUT2D eigenvalue weighted by molar-refractivity contribution is 0.276. The predicted molar refractivity (Wildman–Crippen MR) is 216 cm³/mol. The van der Waals surface area contributed by atoms with Gasteiger partial charge in [-0.25, -0.2) is 0 Å². The number of rotatable bonds is 17. The minimum atomic E-state index is 0.518. The van der Waals surface area contributed by atoms with E-state index in [9.17, 15) is 0 Å². The van der Waals surface area contributed by atoms with E-state index in [1.165, 1.54) is 0 Å². The number of nitrogens with zero attached hydrogens (tertiary/aromatic N) is 2. The summed E-state index contributed by atoms with van der Waals surface area (Å²) < 4.78 is 39.7. The van der Waals surface area contributed by atoms with Gasteiger partial charge < -0.3 is 43.0 Å². The number of hydrogen-bond donors (Lipinski definition) is 0. The normalized spacial score (nSPS) is 11.2. The molecule has 0 N–H and O–H groups in total.